The van der Waals surface area contributed by atoms with Crippen molar-refractivity contribution in [2.24, 2.45) is 0 Å². The molecule has 0 saturated carbocycles. The van der Waals surface area contributed by atoms with Gasteiger partial charge in [0.05, 0.1) is 11.9 Å². The Morgan fingerprint density at radius 1 is 1.12 bits per heavy atom. The van der Waals surface area contributed by atoms with Crippen molar-refractivity contribution < 1.29 is 18.0 Å². The van der Waals surface area contributed by atoms with Gasteiger partial charge >= 0.3 is 0 Å². The molecule has 2 aromatic rings. The molecule has 0 aliphatic carbocycles. The first kappa shape index (κ1) is 25.7. The number of rotatable bonds is 10. The molecule has 32 heavy (non-hydrogen) atoms. The lowest BCUT2D eigenvalue weighted by Crippen LogP contribution is -2.51. The zero-order valence-corrected chi connectivity index (χ0v) is 20.4. The standard InChI is InChI=1S/C23H30ClN3O4S/c1-5-13-25-23(29)18(3)26(15-19-9-7-6-8-10-19)22(28)16-27(32(4,30)31)20-12-11-17(2)21(24)14-20/h6-12,14,18H,5,13,15-16H2,1-4H3,(H,25,29)/t18-/m0/s1. The highest BCUT2D eigenvalue weighted by Crippen LogP contribution is 2.25. The fraction of sp³-hybridized carbons (Fsp3) is 0.391. The van der Waals surface area contributed by atoms with Crippen LogP contribution in [-0.2, 0) is 26.2 Å². The Kier molecular flexibility index (Phi) is 9.09. The fourth-order valence-electron chi connectivity index (χ4n) is 3.11. The van der Waals surface area contributed by atoms with E-state index in [4.69, 9.17) is 11.6 Å². The van der Waals surface area contributed by atoms with Gasteiger partial charge in [-0.3, -0.25) is 13.9 Å². The third-order valence-electron chi connectivity index (χ3n) is 5.03. The number of hydrogen-bond acceptors (Lipinski definition) is 4. The van der Waals surface area contributed by atoms with Crippen molar-refractivity contribution in [3.05, 3.63) is 64.7 Å². The van der Waals surface area contributed by atoms with E-state index in [-0.39, 0.29) is 12.5 Å². The first-order chi connectivity index (χ1) is 15.0. The van der Waals surface area contributed by atoms with E-state index in [9.17, 15) is 18.0 Å². The number of anilines is 1. The average Bonchev–Trinajstić information content (AvgIpc) is 2.75. The van der Waals surface area contributed by atoms with Crippen molar-refractivity contribution in [2.75, 3.05) is 23.7 Å². The van der Waals surface area contributed by atoms with Crippen LogP contribution in [0.5, 0.6) is 0 Å². The van der Waals surface area contributed by atoms with Gasteiger partial charge in [0.2, 0.25) is 21.8 Å². The molecule has 7 nitrogen and oxygen atoms in total. The molecule has 2 amide bonds. The molecule has 0 heterocycles. The molecular formula is C23H30ClN3O4S. The summed E-state index contributed by atoms with van der Waals surface area (Å²) in [6.45, 7) is 5.60. The van der Waals surface area contributed by atoms with Crippen LogP contribution >= 0.6 is 11.6 Å². The SMILES string of the molecule is CCCNC(=O)[C@H](C)N(Cc1ccccc1)C(=O)CN(c1ccc(C)c(Cl)c1)S(C)(=O)=O. The molecule has 0 bridgehead atoms. The normalized spacial score (nSPS) is 12.2. The van der Waals surface area contributed by atoms with Crippen LogP contribution in [0, 0.1) is 6.92 Å². The van der Waals surface area contributed by atoms with Crippen molar-refractivity contribution >= 4 is 39.1 Å². The second-order valence-corrected chi connectivity index (χ2v) is 9.99. The Morgan fingerprint density at radius 2 is 1.78 bits per heavy atom. The van der Waals surface area contributed by atoms with Crippen molar-refractivity contribution in [1.82, 2.24) is 10.2 Å². The van der Waals surface area contributed by atoms with E-state index in [0.29, 0.717) is 17.3 Å². The largest absolute Gasteiger partial charge is 0.354 e. The fourth-order valence-corrected chi connectivity index (χ4v) is 4.13. The van der Waals surface area contributed by atoms with Crippen LogP contribution in [0.2, 0.25) is 5.02 Å². The van der Waals surface area contributed by atoms with Gasteiger partial charge in [-0.15, -0.1) is 0 Å². The molecule has 1 atom stereocenters. The molecule has 2 aromatic carbocycles. The second kappa shape index (κ2) is 11.3. The average molecular weight is 480 g/mol. The summed E-state index contributed by atoms with van der Waals surface area (Å²) in [6.07, 6.45) is 1.80. The van der Waals surface area contributed by atoms with Gasteiger partial charge in [-0.25, -0.2) is 8.42 Å². The highest BCUT2D eigenvalue weighted by molar-refractivity contribution is 7.92. The number of amides is 2. The molecule has 0 radical (unpaired) electrons. The quantitative estimate of drug-likeness (QED) is 0.566. The molecule has 1 N–H and O–H groups in total. The Morgan fingerprint density at radius 3 is 2.34 bits per heavy atom. The Balaban J connectivity index is 2.36. The zero-order chi connectivity index (χ0) is 23.9. The first-order valence-electron chi connectivity index (χ1n) is 10.4. The van der Waals surface area contributed by atoms with E-state index in [1.807, 2.05) is 37.3 Å². The third-order valence-corrected chi connectivity index (χ3v) is 6.58. The topological polar surface area (TPSA) is 86.8 Å². The molecule has 0 spiro atoms. The van der Waals surface area contributed by atoms with Crippen LogP contribution in [0.3, 0.4) is 0 Å². The lowest BCUT2D eigenvalue weighted by atomic mass is 10.1. The van der Waals surface area contributed by atoms with Gasteiger partial charge in [0.15, 0.2) is 0 Å². The van der Waals surface area contributed by atoms with Gasteiger partial charge in [-0.2, -0.15) is 0 Å². The lowest BCUT2D eigenvalue weighted by Gasteiger charge is -2.31. The number of nitrogens with one attached hydrogen (secondary N) is 1. The Bertz CT molecular complexity index is 1040. The predicted molar refractivity (Wildman–Crippen MR) is 128 cm³/mol. The van der Waals surface area contributed by atoms with Gasteiger partial charge < -0.3 is 10.2 Å². The minimum atomic E-state index is -3.78. The second-order valence-electron chi connectivity index (χ2n) is 7.68. The first-order valence-corrected chi connectivity index (χ1v) is 12.6. The number of halogens is 1. The van der Waals surface area contributed by atoms with Gasteiger partial charge in [0, 0.05) is 18.1 Å². The van der Waals surface area contributed by atoms with Gasteiger partial charge in [0.1, 0.15) is 12.6 Å². The number of carbonyl (C=O) groups is 2. The molecular weight excluding hydrogens is 450 g/mol. The maximum atomic E-state index is 13.4. The number of hydrogen-bond donors (Lipinski definition) is 1. The molecule has 0 aliphatic rings. The van der Waals surface area contributed by atoms with Crippen LogP contribution in [0.15, 0.2) is 48.5 Å². The minimum Gasteiger partial charge on any atom is -0.354 e. The molecule has 0 aromatic heterocycles. The van der Waals surface area contributed by atoms with E-state index in [0.717, 1.165) is 28.1 Å². The van der Waals surface area contributed by atoms with Crippen LogP contribution in [0.4, 0.5) is 5.69 Å². The van der Waals surface area contributed by atoms with Crippen molar-refractivity contribution in [1.29, 1.82) is 0 Å². The third kappa shape index (κ3) is 6.97. The van der Waals surface area contributed by atoms with E-state index >= 15 is 0 Å². The van der Waals surface area contributed by atoms with E-state index in [1.54, 1.807) is 26.0 Å². The van der Waals surface area contributed by atoms with Crippen molar-refractivity contribution in [3.8, 4) is 0 Å². The molecule has 0 fully saturated rings. The summed E-state index contributed by atoms with van der Waals surface area (Å²) >= 11 is 6.19. The van der Waals surface area contributed by atoms with Crippen molar-refractivity contribution in [3.63, 3.8) is 0 Å². The lowest BCUT2D eigenvalue weighted by molar-refractivity contribution is -0.139. The molecule has 174 valence electrons. The summed E-state index contributed by atoms with van der Waals surface area (Å²) in [5.41, 5.74) is 1.92. The molecule has 0 saturated heterocycles. The summed E-state index contributed by atoms with van der Waals surface area (Å²) in [5.74, 6) is -0.782. The van der Waals surface area contributed by atoms with Crippen LogP contribution in [0.1, 0.15) is 31.4 Å². The Labute approximate surface area is 195 Å². The van der Waals surface area contributed by atoms with E-state index < -0.39 is 28.5 Å². The summed E-state index contributed by atoms with van der Waals surface area (Å²) in [7, 11) is -3.78. The van der Waals surface area contributed by atoms with Crippen LogP contribution in [0.25, 0.3) is 0 Å². The summed E-state index contributed by atoms with van der Waals surface area (Å²) in [4.78, 5) is 27.4. The number of sulfonamides is 1. The summed E-state index contributed by atoms with van der Waals surface area (Å²) < 4.78 is 26.1. The summed E-state index contributed by atoms with van der Waals surface area (Å²) in [6, 6.07) is 13.3. The number of aryl methyl sites for hydroxylation is 1. The minimum absolute atomic E-state index is 0.173. The zero-order valence-electron chi connectivity index (χ0n) is 18.8. The Hall–Kier alpha value is -2.58. The maximum Gasteiger partial charge on any atom is 0.244 e. The highest BCUT2D eigenvalue weighted by atomic mass is 35.5. The molecule has 2 rings (SSSR count). The smallest absolute Gasteiger partial charge is 0.244 e. The molecule has 0 unspecified atom stereocenters. The molecule has 9 heteroatoms. The highest BCUT2D eigenvalue weighted by Gasteiger charge is 2.30. The van der Waals surface area contributed by atoms with E-state index in [1.165, 1.54) is 11.0 Å². The van der Waals surface area contributed by atoms with Gasteiger partial charge in [-0.05, 0) is 43.5 Å². The molecule has 0 aliphatic heterocycles. The number of benzene rings is 2. The van der Waals surface area contributed by atoms with Crippen LogP contribution in [-0.4, -0.2) is 50.5 Å². The predicted octanol–water partition coefficient (Wildman–Crippen LogP) is 3.36. The van der Waals surface area contributed by atoms with E-state index in [2.05, 4.69) is 5.32 Å². The summed E-state index contributed by atoms with van der Waals surface area (Å²) in [5, 5.41) is 3.20. The number of carbonyl (C=O) groups excluding carboxylic acids is 2. The van der Waals surface area contributed by atoms with Gasteiger partial charge in [0.25, 0.3) is 0 Å². The van der Waals surface area contributed by atoms with Gasteiger partial charge in [-0.1, -0.05) is 54.9 Å². The monoisotopic (exact) mass is 479 g/mol. The number of nitrogens with zero attached hydrogens (tertiary/aromatic N) is 2. The van der Waals surface area contributed by atoms with Crippen molar-refractivity contribution in [2.45, 2.75) is 39.8 Å². The van der Waals surface area contributed by atoms with Crippen LogP contribution < -0.4 is 9.62 Å². The maximum absolute atomic E-state index is 13.4.